The number of hydrogen-bond acceptors (Lipinski definition) is 3. The van der Waals surface area contributed by atoms with Gasteiger partial charge in [0.05, 0.1) is 6.54 Å². The summed E-state index contributed by atoms with van der Waals surface area (Å²) in [6, 6.07) is 19.4. The van der Waals surface area contributed by atoms with Crippen molar-refractivity contribution in [3.05, 3.63) is 77.1 Å². The summed E-state index contributed by atoms with van der Waals surface area (Å²) in [4.78, 5) is 10.2. The first-order valence-electron chi connectivity index (χ1n) is 7.52. The van der Waals surface area contributed by atoms with Crippen LogP contribution in [0, 0.1) is 17.9 Å². The lowest BCUT2D eigenvalue weighted by atomic mass is 10.0. The summed E-state index contributed by atoms with van der Waals surface area (Å²) in [5.41, 5.74) is 3.75. The molecule has 112 valence electrons. The maximum atomic E-state index is 9.24. The number of aliphatic imine (C=N–C) groups is 1. The zero-order valence-electron chi connectivity index (χ0n) is 12.7. The van der Waals surface area contributed by atoms with Gasteiger partial charge in [0.25, 0.3) is 0 Å². The topological polar surface area (TPSA) is 43.8 Å². The van der Waals surface area contributed by atoms with Crippen molar-refractivity contribution in [1.82, 2.24) is 0 Å². The fourth-order valence-corrected chi connectivity index (χ4v) is 2.82. The highest BCUT2D eigenvalue weighted by molar-refractivity contribution is 6.11. The fraction of sp³-hybridized carbons (Fsp3) is 0.211. The molecule has 0 N–H and O–H groups in total. The number of hydrogen-bond donors (Lipinski definition) is 0. The van der Waals surface area contributed by atoms with E-state index in [0.717, 1.165) is 24.3 Å². The van der Waals surface area contributed by atoms with E-state index in [-0.39, 0.29) is 0 Å². The molecule has 0 saturated heterocycles. The molecule has 0 aromatic heterocycles. The van der Waals surface area contributed by atoms with Crippen LogP contribution in [0.2, 0.25) is 0 Å². The SMILES string of the molecule is [C-]#[N+]C(C#N)C1=NCCN(Cc2ccccc2)c2ccccc21. The molecular formula is C19H16N4. The van der Waals surface area contributed by atoms with Gasteiger partial charge in [-0.05, 0) is 11.6 Å². The monoisotopic (exact) mass is 300 g/mol. The van der Waals surface area contributed by atoms with Gasteiger partial charge in [0.2, 0.25) is 0 Å². The lowest BCUT2D eigenvalue weighted by molar-refractivity contribution is 0.797. The van der Waals surface area contributed by atoms with E-state index in [1.807, 2.05) is 42.5 Å². The average Bonchev–Trinajstić information content (AvgIpc) is 2.78. The van der Waals surface area contributed by atoms with Crippen molar-refractivity contribution in [3.8, 4) is 6.07 Å². The van der Waals surface area contributed by atoms with Crippen LogP contribution in [0.3, 0.4) is 0 Å². The molecule has 4 heteroatoms. The van der Waals surface area contributed by atoms with Gasteiger partial charge < -0.3 is 4.90 Å². The molecule has 1 unspecified atom stereocenters. The maximum absolute atomic E-state index is 9.24. The second-order valence-corrected chi connectivity index (χ2v) is 5.35. The van der Waals surface area contributed by atoms with Crippen LogP contribution in [0.5, 0.6) is 0 Å². The first kappa shape index (κ1) is 14.8. The number of benzene rings is 2. The molecule has 1 atom stereocenters. The Morgan fingerprint density at radius 1 is 1.17 bits per heavy atom. The van der Waals surface area contributed by atoms with Crippen molar-refractivity contribution in [2.24, 2.45) is 4.99 Å². The summed E-state index contributed by atoms with van der Waals surface area (Å²) in [6.45, 7) is 9.39. The summed E-state index contributed by atoms with van der Waals surface area (Å²) in [6.07, 6.45) is 0. The molecule has 1 aliphatic heterocycles. The molecule has 0 fully saturated rings. The van der Waals surface area contributed by atoms with Crippen molar-refractivity contribution < 1.29 is 0 Å². The molecule has 2 aromatic carbocycles. The van der Waals surface area contributed by atoms with E-state index in [9.17, 15) is 5.26 Å². The molecule has 1 heterocycles. The van der Waals surface area contributed by atoms with Gasteiger partial charge in [0.1, 0.15) is 5.71 Å². The molecule has 2 aromatic rings. The molecule has 4 nitrogen and oxygen atoms in total. The molecule has 0 amide bonds. The van der Waals surface area contributed by atoms with E-state index in [0.29, 0.717) is 12.3 Å². The Bertz CT molecular complexity index is 782. The van der Waals surface area contributed by atoms with Gasteiger partial charge in [0.15, 0.2) is 6.07 Å². The molecular weight excluding hydrogens is 284 g/mol. The van der Waals surface area contributed by atoms with Crippen molar-refractivity contribution in [2.75, 3.05) is 18.0 Å². The normalized spacial score (nSPS) is 14.7. The molecule has 0 saturated carbocycles. The van der Waals surface area contributed by atoms with Gasteiger partial charge >= 0.3 is 6.04 Å². The highest BCUT2D eigenvalue weighted by Gasteiger charge is 2.27. The largest absolute Gasteiger partial charge is 0.365 e. The number of fused-ring (bicyclic) bond motifs is 1. The van der Waals surface area contributed by atoms with E-state index >= 15 is 0 Å². The fourth-order valence-electron chi connectivity index (χ4n) is 2.82. The Labute approximate surface area is 136 Å². The van der Waals surface area contributed by atoms with Crippen molar-refractivity contribution in [2.45, 2.75) is 12.6 Å². The molecule has 0 aliphatic carbocycles. The second-order valence-electron chi connectivity index (χ2n) is 5.35. The van der Waals surface area contributed by atoms with Gasteiger partial charge in [-0.15, -0.1) is 0 Å². The number of nitrogens with zero attached hydrogens (tertiary/aromatic N) is 4. The Morgan fingerprint density at radius 3 is 2.65 bits per heavy atom. The Balaban J connectivity index is 1.99. The predicted molar refractivity (Wildman–Crippen MR) is 91.3 cm³/mol. The van der Waals surface area contributed by atoms with E-state index < -0.39 is 6.04 Å². The van der Waals surface area contributed by atoms with Crippen molar-refractivity contribution in [1.29, 1.82) is 5.26 Å². The Kier molecular flexibility index (Phi) is 4.36. The van der Waals surface area contributed by atoms with Gasteiger partial charge in [-0.1, -0.05) is 48.5 Å². The predicted octanol–water partition coefficient (Wildman–Crippen LogP) is 3.31. The van der Waals surface area contributed by atoms with E-state index in [1.54, 1.807) is 0 Å². The van der Waals surface area contributed by atoms with Crippen LogP contribution in [0.25, 0.3) is 4.85 Å². The molecule has 0 radical (unpaired) electrons. The summed E-state index contributed by atoms with van der Waals surface area (Å²) in [7, 11) is 0. The van der Waals surface area contributed by atoms with Gasteiger partial charge in [0, 0.05) is 24.3 Å². The number of para-hydroxylation sites is 1. The third-order valence-corrected chi connectivity index (χ3v) is 3.90. The van der Waals surface area contributed by atoms with Gasteiger partial charge in [-0.2, -0.15) is 5.26 Å². The third kappa shape index (κ3) is 3.07. The van der Waals surface area contributed by atoms with Crippen LogP contribution in [-0.4, -0.2) is 24.8 Å². The highest BCUT2D eigenvalue weighted by Crippen LogP contribution is 2.26. The number of anilines is 1. The summed E-state index contributed by atoms with van der Waals surface area (Å²) >= 11 is 0. The van der Waals surface area contributed by atoms with Gasteiger partial charge in [-0.3, -0.25) is 9.84 Å². The molecule has 23 heavy (non-hydrogen) atoms. The summed E-state index contributed by atoms with van der Waals surface area (Å²) in [5, 5.41) is 9.24. The van der Waals surface area contributed by atoms with Crippen LogP contribution < -0.4 is 4.90 Å². The first-order chi connectivity index (χ1) is 11.3. The highest BCUT2D eigenvalue weighted by atomic mass is 15.1. The van der Waals surface area contributed by atoms with Crippen molar-refractivity contribution in [3.63, 3.8) is 0 Å². The van der Waals surface area contributed by atoms with E-state index in [2.05, 4.69) is 32.9 Å². The number of rotatable bonds is 3. The van der Waals surface area contributed by atoms with Gasteiger partial charge in [-0.25, -0.2) is 6.57 Å². The molecule has 1 aliphatic rings. The minimum absolute atomic E-state index is 0.588. The molecule has 0 spiro atoms. The number of nitriles is 1. The lowest BCUT2D eigenvalue weighted by Gasteiger charge is -2.24. The third-order valence-electron chi connectivity index (χ3n) is 3.90. The van der Waals surface area contributed by atoms with Crippen LogP contribution in [0.1, 0.15) is 11.1 Å². The van der Waals surface area contributed by atoms with E-state index in [1.165, 1.54) is 5.56 Å². The molecule has 0 bridgehead atoms. The number of benzodiazepines with no additional fused rings is 1. The quantitative estimate of drug-likeness (QED) is 0.816. The minimum atomic E-state index is -0.840. The smallest absolute Gasteiger partial charge is 0.349 e. The Hall–Kier alpha value is -3.11. The summed E-state index contributed by atoms with van der Waals surface area (Å²) in [5.74, 6) is 0. The maximum Gasteiger partial charge on any atom is 0.349 e. The summed E-state index contributed by atoms with van der Waals surface area (Å²) < 4.78 is 0. The van der Waals surface area contributed by atoms with Crippen LogP contribution >= 0.6 is 0 Å². The van der Waals surface area contributed by atoms with Crippen LogP contribution in [0.4, 0.5) is 5.69 Å². The standard InChI is InChI=1S/C19H16N4/c1-21-17(13-20)19-16-9-5-6-10-18(16)23(12-11-22-19)14-15-7-3-2-4-8-15/h2-10,17H,11-12,14H2. The zero-order chi connectivity index (χ0) is 16.1. The molecule has 3 rings (SSSR count). The Morgan fingerprint density at radius 2 is 1.91 bits per heavy atom. The minimum Gasteiger partial charge on any atom is -0.365 e. The second kappa shape index (κ2) is 6.77. The van der Waals surface area contributed by atoms with Crippen LogP contribution in [-0.2, 0) is 6.54 Å². The first-order valence-corrected chi connectivity index (χ1v) is 7.52. The lowest BCUT2D eigenvalue weighted by Crippen LogP contribution is -2.25. The average molecular weight is 300 g/mol. The zero-order valence-corrected chi connectivity index (χ0v) is 12.7. The van der Waals surface area contributed by atoms with Crippen molar-refractivity contribution >= 4 is 11.4 Å². The van der Waals surface area contributed by atoms with E-state index in [4.69, 9.17) is 6.57 Å². The van der Waals surface area contributed by atoms with Crippen LogP contribution in [0.15, 0.2) is 59.6 Å².